The highest BCUT2D eigenvalue weighted by atomic mass is 127. The lowest BCUT2D eigenvalue weighted by Gasteiger charge is -2.18. The average molecular weight is 402 g/mol. The van der Waals surface area contributed by atoms with Gasteiger partial charge in [-0.05, 0) is 53.8 Å². The fraction of sp³-hybridized carbons (Fsp3) is 0.143. The molecule has 21 heavy (non-hydrogen) atoms. The molecule has 0 aliphatic rings. The first-order valence-electron chi connectivity index (χ1n) is 5.97. The standard InChI is InChI=1S/C14H12FIN2O3/c1-8-12(11(14(20)21-2)7-17-13(8)19)18(15)10-5-3-9(16)4-6-10/h3-7H,1-2H3,(H,17,19). The predicted octanol–water partition coefficient (Wildman–Crippen LogP) is 3.10. The van der Waals surface area contributed by atoms with Gasteiger partial charge in [-0.25, -0.2) is 4.79 Å². The monoisotopic (exact) mass is 402 g/mol. The number of hydrogen-bond donors (Lipinski definition) is 1. The number of H-pyrrole nitrogens is 1. The van der Waals surface area contributed by atoms with Crippen molar-refractivity contribution in [2.75, 3.05) is 12.2 Å². The molecule has 0 fully saturated rings. The largest absolute Gasteiger partial charge is 0.465 e. The zero-order chi connectivity index (χ0) is 15.6. The Hall–Kier alpha value is -1.90. The fourth-order valence-corrected chi connectivity index (χ4v) is 2.20. The molecule has 1 aromatic heterocycles. The number of aromatic nitrogens is 1. The van der Waals surface area contributed by atoms with Crippen LogP contribution in [0.15, 0.2) is 35.3 Å². The zero-order valence-electron chi connectivity index (χ0n) is 11.3. The summed E-state index contributed by atoms with van der Waals surface area (Å²) in [4.78, 5) is 25.8. The highest BCUT2D eigenvalue weighted by Gasteiger charge is 2.22. The van der Waals surface area contributed by atoms with E-state index in [1.165, 1.54) is 14.0 Å². The van der Waals surface area contributed by atoms with Gasteiger partial charge in [0.15, 0.2) is 0 Å². The van der Waals surface area contributed by atoms with Crippen LogP contribution in [-0.2, 0) is 4.74 Å². The number of esters is 1. The first-order valence-corrected chi connectivity index (χ1v) is 7.05. The van der Waals surface area contributed by atoms with Gasteiger partial charge in [0.05, 0.1) is 18.5 Å². The maximum absolute atomic E-state index is 14.7. The van der Waals surface area contributed by atoms with Crippen LogP contribution in [0, 0.1) is 10.5 Å². The predicted molar refractivity (Wildman–Crippen MR) is 85.5 cm³/mol. The molecular formula is C14H12FIN2O3. The highest BCUT2D eigenvalue weighted by Crippen LogP contribution is 2.31. The molecular weight excluding hydrogens is 390 g/mol. The molecule has 1 aromatic carbocycles. The van der Waals surface area contributed by atoms with Crippen molar-refractivity contribution in [1.29, 1.82) is 0 Å². The van der Waals surface area contributed by atoms with Gasteiger partial charge < -0.3 is 9.72 Å². The smallest absolute Gasteiger partial charge is 0.341 e. The third-order valence-corrected chi connectivity index (χ3v) is 3.67. The lowest BCUT2D eigenvalue weighted by Crippen LogP contribution is -2.20. The van der Waals surface area contributed by atoms with Crippen LogP contribution >= 0.6 is 22.6 Å². The van der Waals surface area contributed by atoms with Gasteiger partial charge in [-0.15, -0.1) is 0 Å². The minimum atomic E-state index is -0.725. The second-order valence-corrected chi connectivity index (χ2v) is 5.50. The van der Waals surface area contributed by atoms with Crippen molar-refractivity contribution in [3.63, 3.8) is 0 Å². The third kappa shape index (κ3) is 3.07. The number of nitrogens with one attached hydrogen (secondary N) is 1. The first-order chi connectivity index (χ1) is 9.95. The summed E-state index contributed by atoms with van der Waals surface area (Å²) in [7, 11) is 1.19. The number of pyridine rings is 1. The van der Waals surface area contributed by atoms with E-state index in [2.05, 4.69) is 32.3 Å². The average Bonchev–Trinajstić information content (AvgIpc) is 2.49. The molecule has 0 amide bonds. The van der Waals surface area contributed by atoms with E-state index in [-0.39, 0.29) is 22.5 Å². The molecule has 0 aliphatic carbocycles. The van der Waals surface area contributed by atoms with Crippen LogP contribution in [0.4, 0.5) is 15.9 Å². The van der Waals surface area contributed by atoms with Gasteiger partial charge in [-0.2, -0.15) is 5.12 Å². The number of halogens is 2. The van der Waals surface area contributed by atoms with Crippen LogP contribution in [-0.4, -0.2) is 18.1 Å². The first kappa shape index (κ1) is 15.5. The third-order valence-electron chi connectivity index (χ3n) is 2.95. The van der Waals surface area contributed by atoms with E-state index in [0.29, 0.717) is 5.12 Å². The topological polar surface area (TPSA) is 62.4 Å². The van der Waals surface area contributed by atoms with Gasteiger partial charge in [0.2, 0.25) is 0 Å². The van der Waals surface area contributed by atoms with Gasteiger partial charge in [0.25, 0.3) is 5.56 Å². The van der Waals surface area contributed by atoms with Crippen molar-refractivity contribution in [2.24, 2.45) is 0 Å². The summed E-state index contributed by atoms with van der Waals surface area (Å²) in [5, 5.41) is 0.312. The van der Waals surface area contributed by atoms with E-state index in [4.69, 9.17) is 0 Å². The van der Waals surface area contributed by atoms with Crippen LogP contribution in [0.25, 0.3) is 0 Å². The summed E-state index contributed by atoms with van der Waals surface area (Å²) in [6, 6.07) is 6.57. The Morgan fingerprint density at radius 1 is 1.33 bits per heavy atom. The summed E-state index contributed by atoms with van der Waals surface area (Å²) in [6.45, 7) is 1.44. The van der Waals surface area contributed by atoms with Crippen LogP contribution < -0.4 is 10.7 Å². The Balaban J connectivity index is 2.60. The van der Waals surface area contributed by atoms with Gasteiger partial charge in [0.1, 0.15) is 5.56 Å². The number of ether oxygens (including phenoxy) is 1. The molecule has 2 aromatic rings. The molecule has 0 aliphatic heterocycles. The maximum Gasteiger partial charge on any atom is 0.341 e. The Bertz CT molecular complexity index is 728. The quantitative estimate of drug-likeness (QED) is 0.487. The number of carbonyl (C=O) groups excluding carboxylic acids is 1. The zero-order valence-corrected chi connectivity index (χ0v) is 13.5. The molecule has 0 spiro atoms. The van der Waals surface area contributed by atoms with Gasteiger partial charge in [-0.3, -0.25) is 4.79 Å². The molecule has 0 radical (unpaired) electrons. The summed E-state index contributed by atoms with van der Waals surface area (Å²) >= 11 is 2.10. The van der Waals surface area contributed by atoms with Gasteiger partial charge in [0, 0.05) is 15.3 Å². The molecule has 110 valence electrons. The Morgan fingerprint density at radius 3 is 2.52 bits per heavy atom. The van der Waals surface area contributed by atoms with Crippen LogP contribution in [0.3, 0.4) is 0 Å². The van der Waals surface area contributed by atoms with Crippen molar-refractivity contribution >= 4 is 39.9 Å². The molecule has 2 rings (SSSR count). The SMILES string of the molecule is COC(=O)c1c[nH]c(=O)c(C)c1N(F)c1ccc(I)cc1. The number of methoxy groups -OCH3 is 1. The summed E-state index contributed by atoms with van der Waals surface area (Å²) in [5.41, 5.74) is -0.318. The van der Waals surface area contributed by atoms with Gasteiger partial charge >= 0.3 is 5.97 Å². The second-order valence-electron chi connectivity index (χ2n) is 4.25. The molecule has 0 bridgehead atoms. The molecule has 5 nitrogen and oxygen atoms in total. The Kier molecular flexibility index (Phi) is 4.61. The van der Waals surface area contributed by atoms with Crippen molar-refractivity contribution < 1.29 is 14.0 Å². The summed E-state index contributed by atoms with van der Waals surface area (Å²) in [5.74, 6) is -0.725. The van der Waals surface area contributed by atoms with Crippen molar-refractivity contribution in [3.05, 3.63) is 55.5 Å². The second kappa shape index (κ2) is 6.25. The number of rotatable bonds is 3. The minimum Gasteiger partial charge on any atom is -0.465 e. The number of benzene rings is 1. The van der Waals surface area contributed by atoms with Crippen LogP contribution in [0.5, 0.6) is 0 Å². The lowest BCUT2D eigenvalue weighted by atomic mass is 10.1. The van der Waals surface area contributed by atoms with E-state index in [1.807, 2.05) is 0 Å². The van der Waals surface area contributed by atoms with E-state index >= 15 is 0 Å². The Labute approximate surface area is 133 Å². The molecule has 1 N–H and O–H groups in total. The van der Waals surface area contributed by atoms with Gasteiger partial charge in [-0.1, -0.05) is 4.48 Å². The molecule has 0 unspecified atom stereocenters. The van der Waals surface area contributed by atoms with Crippen LogP contribution in [0.1, 0.15) is 15.9 Å². The van der Waals surface area contributed by atoms with E-state index in [9.17, 15) is 14.1 Å². The molecule has 7 heteroatoms. The number of carbonyl (C=O) groups is 1. The normalized spacial score (nSPS) is 10.3. The highest BCUT2D eigenvalue weighted by molar-refractivity contribution is 14.1. The molecule has 0 saturated heterocycles. The van der Waals surface area contributed by atoms with E-state index < -0.39 is 11.5 Å². The number of nitrogens with zero attached hydrogens (tertiary/aromatic N) is 1. The fourth-order valence-electron chi connectivity index (χ4n) is 1.84. The number of aromatic amines is 1. The Morgan fingerprint density at radius 2 is 1.95 bits per heavy atom. The summed E-state index contributed by atoms with van der Waals surface area (Å²) < 4.78 is 20.2. The molecule has 1 heterocycles. The summed E-state index contributed by atoms with van der Waals surface area (Å²) in [6.07, 6.45) is 1.15. The van der Waals surface area contributed by atoms with Crippen LogP contribution in [0.2, 0.25) is 0 Å². The van der Waals surface area contributed by atoms with E-state index in [1.54, 1.807) is 24.3 Å². The van der Waals surface area contributed by atoms with Crippen molar-refractivity contribution in [1.82, 2.24) is 4.98 Å². The minimum absolute atomic E-state index is 0.0457. The number of anilines is 2. The van der Waals surface area contributed by atoms with Crippen molar-refractivity contribution in [3.8, 4) is 0 Å². The molecule has 0 atom stereocenters. The maximum atomic E-state index is 14.7. The molecule has 0 saturated carbocycles. The van der Waals surface area contributed by atoms with E-state index in [0.717, 1.165) is 9.77 Å². The lowest BCUT2D eigenvalue weighted by molar-refractivity contribution is 0.0600. The number of hydrogen-bond acceptors (Lipinski definition) is 4. The van der Waals surface area contributed by atoms with Crippen molar-refractivity contribution in [2.45, 2.75) is 6.92 Å².